The maximum atomic E-state index is 11.9. The van der Waals surface area contributed by atoms with Gasteiger partial charge in [-0.15, -0.1) is 11.8 Å². The summed E-state index contributed by atoms with van der Waals surface area (Å²) in [6.07, 6.45) is 0.861. The van der Waals surface area contributed by atoms with E-state index >= 15 is 0 Å². The van der Waals surface area contributed by atoms with Gasteiger partial charge < -0.3 is 10.6 Å². The van der Waals surface area contributed by atoms with Gasteiger partial charge in [-0.2, -0.15) is 0 Å². The molecule has 0 spiro atoms. The fourth-order valence-corrected chi connectivity index (χ4v) is 2.99. The summed E-state index contributed by atoms with van der Waals surface area (Å²) < 4.78 is 0. The van der Waals surface area contributed by atoms with E-state index in [-0.39, 0.29) is 17.7 Å². The fraction of sp³-hybridized carbons (Fsp3) is 0.429. The van der Waals surface area contributed by atoms with Crippen LogP contribution in [0.15, 0.2) is 24.3 Å². The van der Waals surface area contributed by atoms with E-state index in [1.165, 1.54) is 11.8 Å². The quantitative estimate of drug-likeness (QED) is 0.842. The first kappa shape index (κ1) is 15.4. The zero-order valence-corrected chi connectivity index (χ0v) is 12.6. The SMILES string of the molecule is N[C@@H]1CCN(C(=O)CSCC(=O)c2ccc(Cl)cc2)C1. The molecule has 6 heteroatoms. The minimum absolute atomic E-state index is 0.0117. The Morgan fingerprint density at radius 2 is 2.00 bits per heavy atom. The Morgan fingerprint density at radius 1 is 1.30 bits per heavy atom. The normalized spacial score (nSPS) is 18.3. The van der Waals surface area contributed by atoms with Crippen LogP contribution in [0.1, 0.15) is 16.8 Å². The molecule has 0 aliphatic carbocycles. The Kier molecular flexibility index (Phi) is 5.46. The van der Waals surface area contributed by atoms with E-state index in [4.69, 9.17) is 17.3 Å². The molecular formula is C14H17ClN2O2S. The highest BCUT2D eigenvalue weighted by atomic mass is 35.5. The van der Waals surface area contributed by atoms with Crippen LogP contribution in [-0.4, -0.2) is 47.2 Å². The predicted octanol–water partition coefficient (Wildman–Crippen LogP) is 1.82. The summed E-state index contributed by atoms with van der Waals surface area (Å²) in [6.45, 7) is 1.36. The van der Waals surface area contributed by atoms with E-state index < -0.39 is 0 Å². The standard InChI is InChI=1S/C14H17ClN2O2S/c15-11-3-1-10(2-4-11)13(18)8-20-9-14(19)17-6-5-12(16)7-17/h1-4,12H,5-9,16H2/t12-/m1/s1. The summed E-state index contributed by atoms with van der Waals surface area (Å²) in [7, 11) is 0. The summed E-state index contributed by atoms with van der Waals surface area (Å²) in [5.41, 5.74) is 6.39. The van der Waals surface area contributed by atoms with Crippen molar-refractivity contribution < 1.29 is 9.59 Å². The van der Waals surface area contributed by atoms with Crippen LogP contribution in [0.5, 0.6) is 0 Å². The summed E-state index contributed by atoms with van der Waals surface area (Å²) in [6, 6.07) is 6.88. The molecule has 1 aliphatic heterocycles. The zero-order valence-electron chi connectivity index (χ0n) is 11.0. The van der Waals surface area contributed by atoms with Gasteiger partial charge >= 0.3 is 0 Å². The first-order valence-electron chi connectivity index (χ1n) is 6.46. The molecule has 4 nitrogen and oxygen atoms in total. The first-order chi connectivity index (χ1) is 9.56. The predicted molar refractivity (Wildman–Crippen MR) is 82.3 cm³/mol. The number of nitrogens with two attached hydrogens (primary N) is 1. The molecule has 1 saturated heterocycles. The number of nitrogens with zero attached hydrogens (tertiary/aromatic N) is 1. The topological polar surface area (TPSA) is 63.4 Å². The van der Waals surface area contributed by atoms with Crippen molar-refractivity contribution in [2.45, 2.75) is 12.5 Å². The van der Waals surface area contributed by atoms with Crippen LogP contribution in [0.2, 0.25) is 5.02 Å². The van der Waals surface area contributed by atoms with Crippen LogP contribution in [0.3, 0.4) is 0 Å². The summed E-state index contributed by atoms with van der Waals surface area (Å²) in [5.74, 6) is 0.698. The van der Waals surface area contributed by atoms with Crippen LogP contribution in [-0.2, 0) is 4.79 Å². The Bertz CT molecular complexity index is 492. The Morgan fingerprint density at radius 3 is 2.60 bits per heavy atom. The number of carbonyl (C=O) groups excluding carboxylic acids is 2. The number of ketones is 1. The second-order valence-corrected chi connectivity index (χ2v) is 6.23. The third kappa shape index (κ3) is 4.23. The van der Waals surface area contributed by atoms with Crippen molar-refractivity contribution in [3.8, 4) is 0 Å². The van der Waals surface area contributed by atoms with E-state index in [0.29, 0.717) is 28.6 Å². The Hall–Kier alpha value is -1.04. The molecular weight excluding hydrogens is 296 g/mol. The number of Topliss-reactive ketones (excluding diaryl/α,β-unsaturated/α-hetero) is 1. The molecule has 0 aromatic heterocycles. The van der Waals surface area contributed by atoms with E-state index in [1.54, 1.807) is 29.2 Å². The summed E-state index contributed by atoms with van der Waals surface area (Å²) in [5, 5.41) is 0.606. The third-order valence-corrected chi connectivity index (χ3v) is 4.37. The molecule has 1 aromatic carbocycles. The molecule has 0 radical (unpaired) electrons. The number of likely N-dealkylation sites (tertiary alicyclic amines) is 1. The number of halogens is 1. The van der Waals surface area contributed by atoms with Crippen molar-refractivity contribution in [1.82, 2.24) is 4.90 Å². The number of rotatable bonds is 5. The minimum atomic E-state index is 0.0117. The van der Waals surface area contributed by atoms with Gasteiger partial charge in [0.2, 0.25) is 5.91 Å². The third-order valence-electron chi connectivity index (χ3n) is 3.20. The van der Waals surface area contributed by atoms with Gasteiger partial charge in [-0.05, 0) is 30.7 Å². The van der Waals surface area contributed by atoms with Crippen molar-refractivity contribution >= 4 is 35.1 Å². The number of benzene rings is 1. The van der Waals surface area contributed by atoms with Crippen LogP contribution < -0.4 is 5.73 Å². The second kappa shape index (κ2) is 7.11. The molecule has 108 valence electrons. The molecule has 1 amide bonds. The largest absolute Gasteiger partial charge is 0.340 e. The average Bonchev–Trinajstić information content (AvgIpc) is 2.86. The highest BCUT2D eigenvalue weighted by molar-refractivity contribution is 8.00. The molecule has 1 heterocycles. The highest BCUT2D eigenvalue weighted by Gasteiger charge is 2.23. The molecule has 20 heavy (non-hydrogen) atoms. The lowest BCUT2D eigenvalue weighted by Gasteiger charge is -2.15. The van der Waals surface area contributed by atoms with Crippen LogP contribution in [0.4, 0.5) is 0 Å². The lowest BCUT2D eigenvalue weighted by atomic mass is 10.1. The van der Waals surface area contributed by atoms with Gasteiger partial charge in [0.15, 0.2) is 5.78 Å². The van der Waals surface area contributed by atoms with Gasteiger partial charge in [-0.1, -0.05) is 11.6 Å². The van der Waals surface area contributed by atoms with Crippen LogP contribution >= 0.6 is 23.4 Å². The van der Waals surface area contributed by atoms with Gasteiger partial charge in [0.1, 0.15) is 0 Å². The Labute approximate surface area is 127 Å². The Balaban J connectivity index is 1.74. The van der Waals surface area contributed by atoms with Gasteiger partial charge in [-0.3, -0.25) is 9.59 Å². The number of amides is 1. The van der Waals surface area contributed by atoms with Gasteiger partial charge in [0, 0.05) is 29.7 Å². The van der Waals surface area contributed by atoms with Crippen molar-refractivity contribution in [2.75, 3.05) is 24.6 Å². The van der Waals surface area contributed by atoms with Crippen molar-refractivity contribution in [1.29, 1.82) is 0 Å². The van der Waals surface area contributed by atoms with Gasteiger partial charge in [0.05, 0.1) is 11.5 Å². The second-order valence-electron chi connectivity index (χ2n) is 4.81. The summed E-state index contributed by atoms with van der Waals surface area (Å²) >= 11 is 7.11. The zero-order chi connectivity index (χ0) is 14.5. The molecule has 0 unspecified atom stereocenters. The number of hydrogen-bond acceptors (Lipinski definition) is 4. The van der Waals surface area contributed by atoms with Gasteiger partial charge in [-0.25, -0.2) is 0 Å². The van der Waals surface area contributed by atoms with E-state index in [9.17, 15) is 9.59 Å². The molecule has 1 fully saturated rings. The molecule has 1 atom stereocenters. The van der Waals surface area contributed by atoms with Crippen molar-refractivity contribution in [3.05, 3.63) is 34.9 Å². The van der Waals surface area contributed by atoms with E-state index in [2.05, 4.69) is 0 Å². The average molecular weight is 313 g/mol. The fourth-order valence-electron chi connectivity index (χ4n) is 2.06. The lowest BCUT2D eigenvalue weighted by Crippen LogP contribution is -2.33. The number of thioether (sulfide) groups is 1. The maximum absolute atomic E-state index is 11.9. The molecule has 1 aromatic rings. The van der Waals surface area contributed by atoms with Crippen LogP contribution in [0.25, 0.3) is 0 Å². The highest BCUT2D eigenvalue weighted by Crippen LogP contribution is 2.14. The molecule has 1 aliphatic rings. The maximum Gasteiger partial charge on any atom is 0.232 e. The molecule has 2 N–H and O–H groups in total. The molecule has 0 bridgehead atoms. The lowest BCUT2D eigenvalue weighted by molar-refractivity contribution is -0.127. The monoisotopic (exact) mass is 312 g/mol. The van der Waals surface area contributed by atoms with Crippen molar-refractivity contribution in [3.63, 3.8) is 0 Å². The minimum Gasteiger partial charge on any atom is -0.340 e. The van der Waals surface area contributed by atoms with Crippen LogP contribution in [0, 0.1) is 0 Å². The smallest absolute Gasteiger partial charge is 0.232 e. The van der Waals surface area contributed by atoms with Crippen molar-refractivity contribution in [2.24, 2.45) is 5.73 Å². The van der Waals surface area contributed by atoms with Gasteiger partial charge in [0.25, 0.3) is 0 Å². The van der Waals surface area contributed by atoms with E-state index in [0.717, 1.165) is 13.0 Å². The molecule has 0 saturated carbocycles. The van der Waals surface area contributed by atoms with E-state index in [1.807, 2.05) is 0 Å². The number of carbonyl (C=O) groups is 2. The number of hydrogen-bond donors (Lipinski definition) is 1. The first-order valence-corrected chi connectivity index (χ1v) is 7.99. The summed E-state index contributed by atoms with van der Waals surface area (Å²) in [4.78, 5) is 25.5. The molecule has 2 rings (SSSR count).